The third-order valence-corrected chi connectivity index (χ3v) is 5.73. The van der Waals surface area contributed by atoms with Gasteiger partial charge in [0.1, 0.15) is 17.6 Å². The van der Waals surface area contributed by atoms with Crippen molar-refractivity contribution >= 4 is 11.5 Å². The standard InChI is InChI=1S/C20H23F3N6O3/c1-12-15(21)8-14(18(23)17(12)22)13(2)25-28-6-4-26(5-7-28)10-20(3)11-27-9-16(29(30)31)24-19(27)32-20/h8-9H,4-7,10-11H2,1-3H3. The maximum atomic E-state index is 14.2. The monoisotopic (exact) mass is 452 g/mol. The van der Waals surface area contributed by atoms with Gasteiger partial charge in [-0.2, -0.15) is 5.10 Å². The SMILES string of the molecule is CC(=NN1CCN(CC2(C)Cn3cc([N+](=O)[O-])nc3O2)CC1)c1cc(F)c(C)c(F)c1F. The van der Waals surface area contributed by atoms with E-state index in [1.807, 2.05) is 6.92 Å². The average Bonchev–Trinajstić information content (AvgIpc) is 3.25. The summed E-state index contributed by atoms with van der Waals surface area (Å²) in [5.41, 5.74) is -0.916. The largest absolute Gasteiger partial charge is 0.436 e. The van der Waals surface area contributed by atoms with Crippen molar-refractivity contribution in [1.29, 1.82) is 0 Å². The summed E-state index contributed by atoms with van der Waals surface area (Å²) in [4.78, 5) is 16.4. The number of ether oxygens (including phenoxy) is 1. The van der Waals surface area contributed by atoms with E-state index in [1.54, 1.807) is 9.58 Å². The summed E-state index contributed by atoms with van der Waals surface area (Å²) in [6.07, 6.45) is 1.37. The molecule has 1 saturated heterocycles. The molecule has 0 aliphatic carbocycles. The highest BCUT2D eigenvalue weighted by Crippen LogP contribution is 2.31. The Morgan fingerprint density at radius 3 is 2.59 bits per heavy atom. The molecule has 1 unspecified atom stereocenters. The molecule has 2 aliphatic heterocycles. The molecule has 2 aromatic rings. The Balaban J connectivity index is 1.35. The normalized spacial score (nSPS) is 21.6. The molecule has 1 atom stereocenters. The second-order valence-corrected chi connectivity index (χ2v) is 8.39. The fourth-order valence-corrected chi connectivity index (χ4v) is 4.05. The van der Waals surface area contributed by atoms with Crippen LogP contribution in [0.25, 0.3) is 0 Å². The smallest absolute Gasteiger partial charge is 0.415 e. The summed E-state index contributed by atoms with van der Waals surface area (Å²) in [5, 5.41) is 16.9. The first-order chi connectivity index (χ1) is 15.1. The number of nitro groups is 1. The van der Waals surface area contributed by atoms with Crippen molar-refractivity contribution in [1.82, 2.24) is 19.5 Å². The number of halogens is 3. The first-order valence-electron chi connectivity index (χ1n) is 10.1. The Hall–Kier alpha value is -3.15. The van der Waals surface area contributed by atoms with Gasteiger partial charge in [-0.3, -0.25) is 14.5 Å². The minimum Gasteiger partial charge on any atom is -0.436 e. The summed E-state index contributed by atoms with van der Waals surface area (Å²) >= 11 is 0. The van der Waals surface area contributed by atoms with E-state index in [9.17, 15) is 23.3 Å². The zero-order valence-corrected chi connectivity index (χ0v) is 17.9. The van der Waals surface area contributed by atoms with E-state index in [4.69, 9.17) is 4.74 Å². The number of hydrazone groups is 1. The summed E-state index contributed by atoms with van der Waals surface area (Å²) in [5.74, 6) is -3.36. The van der Waals surface area contributed by atoms with Crippen LogP contribution in [0, 0.1) is 34.5 Å². The Morgan fingerprint density at radius 1 is 1.28 bits per heavy atom. The number of hydrogen-bond donors (Lipinski definition) is 0. The lowest BCUT2D eigenvalue weighted by atomic mass is 10.1. The number of piperazine rings is 1. The Kier molecular flexibility index (Phi) is 5.57. The predicted octanol–water partition coefficient (Wildman–Crippen LogP) is 2.71. The van der Waals surface area contributed by atoms with Gasteiger partial charge in [0.15, 0.2) is 11.6 Å². The summed E-state index contributed by atoms with van der Waals surface area (Å²) < 4.78 is 49.4. The quantitative estimate of drug-likeness (QED) is 0.300. The van der Waals surface area contributed by atoms with E-state index in [0.717, 1.165) is 6.07 Å². The highest BCUT2D eigenvalue weighted by atomic mass is 19.2. The molecule has 4 rings (SSSR count). The molecule has 1 fully saturated rings. The number of benzene rings is 1. The van der Waals surface area contributed by atoms with Gasteiger partial charge in [-0.05, 0) is 31.8 Å². The van der Waals surface area contributed by atoms with Crippen molar-refractivity contribution in [2.45, 2.75) is 32.9 Å². The van der Waals surface area contributed by atoms with Crippen molar-refractivity contribution in [3.05, 3.63) is 51.0 Å². The number of hydrogen-bond acceptors (Lipinski definition) is 7. The van der Waals surface area contributed by atoms with Crippen LogP contribution < -0.4 is 4.74 Å². The first kappa shape index (κ1) is 22.1. The van der Waals surface area contributed by atoms with Crippen LogP contribution in [0.4, 0.5) is 19.0 Å². The van der Waals surface area contributed by atoms with Gasteiger partial charge >= 0.3 is 11.8 Å². The second kappa shape index (κ2) is 8.08. The lowest BCUT2D eigenvalue weighted by Crippen LogP contribution is -2.51. The molecule has 1 aromatic carbocycles. The molecule has 9 nitrogen and oxygen atoms in total. The Labute approximate surface area is 182 Å². The maximum Gasteiger partial charge on any atom is 0.415 e. The van der Waals surface area contributed by atoms with Crippen LogP contribution in [0.2, 0.25) is 0 Å². The molecule has 0 N–H and O–H groups in total. The van der Waals surface area contributed by atoms with Gasteiger partial charge in [0.2, 0.25) is 0 Å². The molecule has 0 amide bonds. The average molecular weight is 452 g/mol. The van der Waals surface area contributed by atoms with E-state index < -0.39 is 28.0 Å². The van der Waals surface area contributed by atoms with Crippen molar-refractivity contribution in [3.8, 4) is 6.01 Å². The highest BCUT2D eigenvalue weighted by molar-refractivity contribution is 5.98. The van der Waals surface area contributed by atoms with Gasteiger partial charge in [-0.25, -0.2) is 13.2 Å². The fourth-order valence-electron chi connectivity index (χ4n) is 4.05. The molecule has 3 heterocycles. The van der Waals surface area contributed by atoms with Crippen LogP contribution in [0.3, 0.4) is 0 Å². The Morgan fingerprint density at radius 2 is 1.97 bits per heavy atom. The lowest BCUT2D eigenvalue weighted by Gasteiger charge is -2.37. The van der Waals surface area contributed by atoms with Gasteiger partial charge in [-0.15, -0.1) is 0 Å². The molecular weight excluding hydrogens is 429 g/mol. The summed E-state index contributed by atoms with van der Waals surface area (Å²) in [7, 11) is 0. The van der Waals surface area contributed by atoms with Crippen molar-refractivity contribution in [3.63, 3.8) is 0 Å². The van der Waals surface area contributed by atoms with E-state index in [2.05, 4.69) is 15.0 Å². The molecule has 12 heteroatoms. The maximum absolute atomic E-state index is 14.2. The van der Waals surface area contributed by atoms with Crippen molar-refractivity contribution in [2.24, 2.45) is 5.10 Å². The van der Waals surface area contributed by atoms with Crippen molar-refractivity contribution < 1.29 is 22.8 Å². The molecule has 0 bridgehead atoms. The van der Waals surface area contributed by atoms with Crippen LogP contribution in [0.1, 0.15) is 25.0 Å². The molecule has 0 radical (unpaired) electrons. The zero-order valence-electron chi connectivity index (χ0n) is 17.9. The molecule has 2 aliphatic rings. The Bertz CT molecular complexity index is 1070. The predicted molar refractivity (Wildman–Crippen MR) is 109 cm³/mol. The molecule has 32 heavy (non-hydrogen) atoms. The van der Waals surface area contributed by atoms with Crippen LogP contribution in [-0.4, -0.2) is 68.4 Å². The van der Waals surface area contributed by atoms with Gasteiger partial charge < -0.3 is 14.9 Å². The van der Waals surface area contributed by atoms with Gasteiger partial charge in [0.05, 0.1) is 12.3 Å². The van der Waals surface area contributed by atoms with Crippen LogP contribution in [0.5, 0.6) is 6.01 Å². The number of nitrogens with zero attached hydrogens (tertiary/aromatic N) is 6. The number of fused-ring (bicyclic) bond motifs is 1. The molecule has 172 valence electrons. The first-order valence-corrected chi connectivity index (χ1v) is 10.1. The summed E-state index contributed by atoms with van der Waals surface area (Å²) in [6, 6.07) is 1.20. The highest BCUT2D eigenvalue weighted by Gasteiger charge is 2.41. The number of aromatic nitrogens is 2. The third-order valence-electron chi connectivity index (χ3n) is 5.73. The second-order valence-electron chi connectivity index (χ2n) is 8.39. The molecular formula is C20H23F3N6O3. The number of imidazole rings is 1. The molecule has 0 spiro atoms. The van der Waals surface area contributed by atoms with Gasteiger partial charge in [0.25, 0.3) is 0 Å². The fraction of sp³-hybridized carbons (Fsp3) is 0.500. The zero-order chi connectivity index (χ0) is 23.2. The van der Waals surface area contributed by atoms with Gasteiger partial charge in [0, 0.05) is 48.8 Å². The van der Waals surface area contributed by atoms with Crippen LogP contribution in [0.15, 0.2) is 17.4 Å². The topological polar surface area (TPSA) is 89.0 Å². The van der Waals surface area contributed by atoms with E-state index in [-0.39, 0.29) is 28.7 Å². The minimum atomic E-state index is -1.20. The van der Waals surface area contributed by atoms with Crippen LogP contribution in [-0.2, 0) is 6.54 Å². The molecule has 1 aromatic heterocycles. The molecule has 0 saturated carbocycles. The van der Waals surface area contributed by atoms with E-state index in [0.29, 0.717) is 39.3 Å². The number of rotatable bonds is 5. The third kappa shape index (κ3) is 4.14. The van der Waals surface area contributed by atoms with E-state index >= 15 is 0 Å². The lowest BCUT2D eigenvalue weighted by molar-refractivity contribution is -0.389. The van der Waals surface area contributed by atoms with Crippen LogP contribution >= 0.6 is 0 Å². The van der Waals surface area contributed by atoms with Crippen molar-refractivity contribution in [2.75, 3.05) is 32.7 Å². The van der Waals surface area contributed by atoms with E-state index in [1.165, 1.54) is 20.0 Å². The summed E-state index contributed by atoms with van der Waals surface area (Å²) in [6.45, 7) is 8.05. The van der Waals surface area contributed by atoms with Gasteiger partial charge in [-0.1, -0.05) is 0 Å². The minimum absolute atomic E-state index is 0.191.